The summed E-state index contributed by atoms with van der Waals surface area (Å²) < 4.78 is 0. The van der Waals surface area contributed by atoms with Crippen LogP contribution < -0.4 is 5.73 Å². The van der Waals surface area contributed by atoms with Gasteiger partial charge in [0.15, 0.2) is 0 Å². The highest BCUT2D eigenvalue weighted by atomic mass is 15.1. The summed E-state index contributed by atoms with van der Waals surface area (Å²) in [5.41, 5.74) is 6.80. The molecule has 2 N–H and O–H groups in total. The van der Waals surface area contributed by atoms with Crippen LogP contribution in [0.2, 0.25) is 0 Å². The van der Waals surface area contributed by atoms with Gasteiger partial charge in [0, 0.05) is 10.8 Å². The standard InChI is InChI=1S/C11H13N3/c12-6-2-5-9-3-1-4-10-7-13-14-8-11(9)10/h1,3-4,7-8H,2,5-6,12H2. The van der Waals surface area contributed by atoms with Crippen LogP contribution in [0.25, 0.3) is 10.8 Å². The molecule has 72 valence electrons. The first-order valence-corrected chi connectivity index (χ1v) is 4.80. The van der Waals surface area contributed by atoms with E-state index >= 15 is 0 Å². The first-order valence-electron chi connectivity index (χ1n) is 4.80. The number of hydrogen-bond donors (Lipinski definition) is 1. The Labute approximate surface area is 83.0 Å². The van der Waals surface area contributed by atoms with Crippen molar-refractivity contribution in [3.8, 4) is 0 Å². The Morgan fingerprint density at radius 1 is 1.14 bits per heavy atom. The number of rotatable bonds is 3. The van der Waals surface area contributed by atoms with Crippen molar-refractivity contribution in [2.24, 2.45) is 5.73 Å². The van der Waals surface area contributed by atoms with Crippen molar-refractivity contribution in [2.45, 2.75) is 12.8 Å². The second-order valence-electron chi connectivity index (χ2n) is 3.30. The Hall–Kier alpha value is -1.48. The molecule has 0 aliphatic heterocycles. The van der Waals surface area contributed by atoms with E-state index in [1.807, 2.05) is 6.20 Å². The molecule has 0 bridgehead atoms. The maximum absolute atomic E-state index is 5.49. The second-order valence-corrected chi connectivity index (χ2v) is 3.30. The molecule has 14 heavy (non-hydrogen) atoms. The number of nitrogens with zero attached hydrogens (tertiary/aromatic N) is 2. The lowest BCUT2D eigenvalue weighted by atomic mass is 10.0. The molecule has 0 unspecified atom stereocenters. The fraction of sp³-hybridized carbons (Fsp3) is 0.273. The molecule has 0 saturated carbocycles. The van der Waals surface area contributed by atoms with E-state index in [-0.39, 0.29) is 0 Å². The number of aryl methyl sites for hydroxylation is 1. The Bertz CT molecular complexity index is 420. The van der Waals surface area contributed by atoms with Crippen molar-refractivity contribution in [3.05, 3.63) is 36.2 Å². The number of benzene rings is 1. The summed E-state index contributed by atoms with van der Waals surface area (Å²) in [7, 11) is 0. The molecule has 1 aromatic heterocycles. The van der Waals surface area contributed by atoms with Gasteiger partial charge in [0.05, 0.1) is 12.4 Å². The third-order valence-corrected chi connectivity index (χ3v) is 2.33. The summed E-state index contributed by atoms with van der Waals surface area (Å²) >= 11 is 0. The predicted molar refractivity (Wildman–Crippen MR) is 56.9 cm³/mol. The van der Waals surface area contributed by atoms with Crippen molar-refractivity contribution in [1.29, 1.82) is 0 Å². The first-order chi connectivity index (χ1) is 6.92. The lowest BCUT2D eigenvalue weighted by molar-refractivity contribution is 0.836. The average molecular weight is 187 g/mol. The molecular formula is C11H13N3. The predicted octanol–water partition coefficient (Wildman–Crippen LogP) is 1.52. The molecule has 1 aromatic carbocycles. The summed E-state index contributed by atoms with van der Waals surface area (Å²) in [6.45, 7) is 0.731. The fourth-order valence-electron chi connectivity index (χ4n) is 1.60. The van der Waals surface area contributed by atoms with Gasteiger partial charge in [-0.15, -0.1) is 0 Å². The van der Waals surface area contributed by atoms with E-state index in [0.29, 0.717) is 0 Å². The molecular weight excluding hydrogens is 174 g/mol. The third kappa shape index (κ3) is 1.72. The fourth-order valence-corrected chi connectivity index (χ4v) is 1.60. The zero-order valence-electron chi connectivity index (χ0n) is 7.98. The zero-order valence-corrected chi connectivity index (χ0v) is 7.98. The Morgan fingerprint density at radius 3 is 2.86 bits per heavy atom. The van der Waals surface area contributed by atoms with E-state index in [0.717, 1.165) is 24.8 Å². The Balaban J connectivity index is 2.43. The molecule has 0 spiro atoms. The van der Waals surface area contributed by atoms with Crippen LogP contribution in [0, 0.1) is 0 Å². The maximum Gasteiger partial charge on any atom is 0.0577 e. The number of aromatic nitrogens is 2. The third-order valence-electron chi connectivity index (χ3n) is 2.33. The number of nitrogens with two attached hydrogens (primary N) is 1. The maximum atomic E-state index is 5.49. The minimum Gasteiger partial charge on any atom is -0.330 e. The smallest absolute Gasteiger partial charge is 0.0577 e. The normalized spacial score (nSPS) is 10.6. The van der Waals surface area contributed by atoms with Gasteiger partial charge in [0.2, 0.25) is 0 Å². The van der Waals surface area contributed by atoms with Gasteiger partial charge >= 0.3 is 0 Å². The number of hydrogen-bond acceptors (Lipinski definition) is 3. The molecule has 0 aliphatic carbocycles. The monoisotopic (exact) mass is 187 g/mol. The SMILES string of the molecule is NCCCc1cccc2cnncc12. The van der Waals surface area contributed by atoms with Gasteiger partial charge in [-0.25, -0.2) is 0 Å². The molecule has 1 heterocycles. The van der Waals surface area contributed by atoms with Crippen LogP contribution in [-0.2, 0) is 6.42 Å². The molecule has 0 atom stereocenters. The van der Waals surface area contributed by atoms with Crippen molar-refractivity contribution in [2.75, 3.05) is 6.54 Å². The molecule has 0 fully saturated rings. The summed E-state index contributed by atoms with van der Waals surface area (Å²) in [6, 6.07) is 6.23. The van der Waals surface area contributed by atoms with Gasteiger partial charge in [0.1, 0.15) is 0 Å². The van der Waals surface area contributed by atoms with E-state index < -0.39 is 0 Å². The number of fused-ring (bicyclic) bond motifs is 1. The Morgan fingerprint density at radius 2 is 2.00 bits per heavy atom. The highest BCUT2D eigenvalue weighted by molar-refractivity contribution is 5.83. The van der Waals surface area contributed by atoms with Crippen molar-refractivity contribution in [3.63, 3.8) is 0 Å². The zero-order chi connectivity index (χ0) is 9.80. The highest BCUT2D eigenvalue weighted by Crippen LogP contribution is 2.17. The summed E-state index contributed by atoms with van der Waals surface area (Å²) in [5.74, 6) is 0. The van der Waals surface area contributed by atoms with Crippen LogP contribution in [0.15, 0.2) is 30.6 Å². The Kier molecular flexibility index (Phi) is 2.70. The highest BCUT2D eigenvalue weighted by Gasteiger charge is 1.99. The van der Waals surface area contributed by atoms with E-state index in [4.69, 9.17) is 5.73 Å². The average Bonchev–Trinajstić information content (AvgIpc) is 2.26. The van der Waals surface area contributed by atoms with Gasteiger partial charge < -0.3 is 5.73 Å². The van der Waals surface area contributed by atoms with Crippen molar-refractivity contribution >= 4 is 10.8 Å². The van der Waals surface area contributed by atoms with E-state index in [1.165, 1.54) is 10.9 Å². The first kappa shape index (κ1) is 9.09. The van der Waals surface area contributed by atoms with Gasteiger partial charge in [-0.1, -0.05) is 18.2 Å². The molecule has 2 aromatic rings. The molecule has 3 nitrogen and oxygen atoms in total. The summed E-state index contributed by atoms with van der Waals surface area (Å²) in [5, 5.41) is 10.1. The quantitative estimate of drug-likeness (QED) is 0.792. The van der Waals surface area contributed by atoms with Crippen LogP contribution in [0.3, 0.4) is 0 Å². The molecule has 2 rings (SSSR count). The van der Waals surface area contributed by atoms with Crippen LogP contribution >= 0.6 is 0 Å². The van der Waals surface area contributed by atoms with Gasteiger partial charge in [-0.2, -0.15) is 10.2 Å². The van der Waals surface area contributed by atoms with Crippen molar-refractivity contribution < 1.29 is 0 Å². The lowest BCUT2D eigenvalue weighted by Gasteiger charge is -2.03. The minimum atomic E-state index is 0.731. The minimum absolute atomic E-state index is 0.731. The van der Waals surface area contributed by atoms with Crippen LogP contribution in [0.4, 0.5) is 0 Å². The molecule has 3 heteroatoms. The van der Waals surface area contributed by atoms with E-state index in [1.54, 1.807) is 6.20 Å². The summed E-state index contributed by atoms with van der Waals surface area (Å²) in [6.07, 6.45) is 5.64. The van der Waals surface area contributed by atoms with Crippen LogP contribution in [-0.4, -0.2) is 16.7 Å². The van der Waals surface area contributed by atoms with Gasteiger partial charge in [0.25, 0.3) is 0 Å². The molecule has 0 amide bonds. The summed E-state index contributed by atoms with van der Waals surface area (Å²) in [4.78, 5) is 0. The van der Waals surface area contributed by atoms with Crippen molar-refractivity contribution in [1.82, 2.24) is 10.2 Å². The van der Waals surface area contributed by atoms with E-state index in [9.17, 15) is 0 Å². The van der Waals surface area contributed by atoms with Gasteiger partial charge in [-0.3, -0.25) is 0 Å². The van der Waals surface area contributed by atoms with Crippen LogP contribution in [0.5, 0.6) is 0 Å². The second kappa shape index (κ2) is 4.15. The molecule has 0 saturated heterocycles. The largest absolute Gasteiger partial charge is 0.330 e. The van der Waals surface area contributed by atoms with Crippen LogP contribution in [0.1, 0.15) is 12.0 Å². The molecule has 0 radical (unpaired) electrons. The van der Waals surface area contributed by atoms with E-state index in [2.05, 4.69) is 28.4 Å². The topological polar surface area (TPSA) is 51.8 Å². The lowest BCUT2D eigenvalue weighted by Crippen LogP contribution is -2.00. The molecule has 0 aliphatic rings. The van der Waals surface area contributed by atoms with Gasteiger partial charge in [-0.05, 0) is 24.9 Å².